The molecule has 4 nitrogen and oxygen atoms in total. The van der Waals surface area contributed by atoms with E-state index in [-0.39, 0.29) is 11.7 Å². The fourth-order valence-electron chi connectivity index (χ4n) is 3.25. The quantitative estimate of drug-likeness (QED) is 0.391. The van der Waals surface area contributed by atoms with Gasteiger partial charge in [0.2, 0.25) is 0 Å². The van der Waals surface area contributed by atoms with Crippen molar-refractivity contribution in [2.45, 2.75) is 24.4 Å². The van der Waals surface area contributed by atoms with Gasteiger partial charge in [0.1, 0.15) is 5.82 Å². The molecule has 0 fully saturated rings. The minimum Gasteiger partial charge on any atom is -0.361 e. The number of hydrogen-bond acceptors (Lipinski definition) is 1. The van der Waals surface area contributed by atoms with Crippen LogP contribution in [0.2, 0.25) is 0 Å². The summed E-state index contributed by atoms with van der Waals surface area (Å²) in [6.45, 7) is -0.635. The second kappa shape index (κ2) is 8.22. The van der Waals surface area contributed by atoms with Crippen LogP contribution in [0.25, 0.3) is 10.9 Å². The summed E-state index contributed by atoms with van der Waals surface area (Å²) in [5.74, 6) is -2.67. The zero-order valence-electron chi connectivity index (χ0n) is 15.7. The summed E-state index contributed by atoms with van der Waals surface area (Å²) in [7, 11) is 0. The molecule has 0 saturated carbocycles. The van der Waals surface area contributed by atoms with Crippen LogP contribution in [-0.4, -0.2) is 35.5 Å². The SMILES string of the molecule is O=C(NC([NH2+]CCc1c[nH]c2ccccc12)(C(F)(F)F)C(F)(F)F)c1cccc(F)c1. The first-order chi connectivity index (χ1) is 14.4. The molecule has 0 bridgehead atoms. The summed E-state index contributed by atoms with van der Waals surface area (Å²) >= 11 is 0. The average molecular weight is 448 g/mol. The highest BCUT2D eigenvalue weighted by molar-refractivity contribution is 5.94. The number of carbonyl (C=O) groups is 1. The number of alkyl halides is 6. The predicted molar refractivity (Wildman–Crippen MR) is 97.5 cm³/mol. The Morgan fingerprint density at radius 3 is 2.29 bits per heavy atom. The lowest BCUT2D eigenvalue weighted by atomic mass is 10.1. The normalized spacial score (nSPS) is 12.9. The van der Waals surface area contributed by atoms with Gasteiger partial charge >= 0.3 is 18.0 Å². The molecule has 0 radical (unpaired) electrons. The Kier molecular flexibility index (Phi) is 5.99. The average Bonchev–Trinajstić information content (AvgIpc) is 3.08. The number of nitrogens with one attached hydrogen (secondary N) is 2. The van der Waals surface area contributed by atoms with Crippen LogP contribution in [0.15, 0.2) is 54.7 Å². The second-order valence-corrected chi connectivity index (χ2v) is 6.87. The van der Waals surface area contributed by atoms with Crippen molar-refractivity contribution in [2.75, 3.05) is 6.54 Å². The Morgan fingerprint density at radius 1 is 0.968 bits per heavy atom. The third-order valence-electron chi connectivity index (χ3n) is 4.83. The highest BCUT2D eigenvalue weighted by Gasteiger charge is 2.76. The van der Waals surface area contributed by atoms with Crippen LogP contribution in [0.5, 0.6) is 0 Å². The highest BCUT2D eigenvalue weighted by atomic mass is 19.4. The van der Waals surface area contributed by atoms with Crippen molar-refractivity contribution in [2.24, 2.45) is 0 Å². The molecule has 0 aliphatic heterocycles. The molecule has 3 aromatic rings. The first-order valence-corrected chi connectivity index (χ1v) is 9.05. The maximum Gasteiger partial charge on any atom is 0.475 e. The number of aromatic amines is 1. The van der Waals surface area contributed by atoms with Crippen molar-refractivity contribution in [1.29, 1.82) is 0 Å². The van der Waals surface area contributed by atoms with E-state index < -0.39 is 41.8 Å². The number of para-hydroxylation sites is 1. The number of amides is 1. The Hall–Kier alpha value is -3.08. The molecule has 4 N–H and O–H groups in total. The van der Waals surface area contributed by atoms with Gasteiger partial charge in [-0.05, 0) is 29.8 Å². The summed E-state index contributed by atoms with van der Waals surface area (Å²) < 4.78 is 95.5. The Morgan fingerprint density at radius 2 is 1.65 bits per heavy atom. The largest absolute Gasteiger partial charge is 0.475 e. The molecule has 0 atom stereocenters. The molecule has 0 aliphatic carbocycles. The van der Waals surface area contributed by atoms with Crippen LogP contribution < -0.4 is 10.6 Å². The molecule has 2 aromatic carbocycles. The van der Waals surface area contributed by atoms with Gasteiger partial charge in [0, 0.05) is 29.1 Å². The number of rotatable bonds is 6. The van der Waals surface area contributed by atoms with E-state index in [4.69, 9.17) is 0 Å². The van der Waals surface area contributed by atoms with E-state index in [1.54, 1.807) is 24.3 Å². The Bertz CT molecular complexity index is 1060. The number of hydrogen-bond donors (Lipinski definition) is 3. The number of aromatic nitrogens is 1. The van der Waals surface area contributed by atoms with Gasteiger partial charge in [-0.25, -0.2) is 4.39 Å². The van der Waals surface area contributed by atoms with Gasteiger partial charge in [0.05, 0.1) is 6.54 Å². The van der Waals surface area contributed by atoms with Crippen LogP contribution in [-0.2, 0) is 6.42 Å². The lowest BCUT2D eigenvalue weighted by molar-refractivity contribution is -0.784. The number of H-pyrrole nitrogens is 1. The third kappa shape index (κ3) is 4.50. The molecule has 0 aliphatic rings. The van der Waals surface area contributed by atoms with Crippen LogP contribution in [0, 0.1) is 5.82 Å². The molecule has 3 rings (SSSR count). The summed E-state index contributed by atoms with van der Waals surface area (Å²) in [6.07, 6.45) is -10.4. The summed E-state index contributed by atoms with van der Waals surface area (Å²) in [4.78, 5) is 15.1. The van der Waals surface area contributed by atoms with Gasteiger partial charge in [-0.1, -0.05) is 24.3 Å². The fraction of sp³-hybridized carbons (Fsp3) is 0.250. The van der Waals surface area contributed by atoms with E-state index in [0.717, 1.165) is 23.5 Å². The lowest BCUT2D eigenvalue weighted by Crippen LogP contribution is -3.08. The van der Waals surface area contributed by atoms with E-state index >= 15 is 0 Å². The fourth-order valence-corrected chi connectivity index (χ4v) is 3.25. The van der Waals surface area contributed by atoms with E-state index in [2.05, 4.69) is 4.98 Å². The zero-order valence-corrected chi connectivity index (χ0v) is 15.7. The van der Waals surface area contributed by atoms with E-state index in [9.17, 15) is 35.5 Å². The van der Waals surface area contributed by atoms with Crippen LogP contribution in [0.3, 0.4) is 0 Å². The van der Waals surface area contributed by atoms with Gasteiger partial charge in [0.15, 0.2) is 0 Å². The minimum absolute atomic E-state index is 0.00592. The van der Waals surface area contributed by atoms with E-state index in [0.29, 0.717) is 22.5 Å². The topological polar surface area (TPSA) is 61.5 Å². The second-order valence-electron chi connectivity index (χ2n) is 6.87. The maximum absolute atomic E-state index is 13.7. The van der Waals surface area contributed by atoms with Crippen LogP contribution in [0.1, 0.15) is 15.9 Å². The van der Waals surface area contributed by atoms with Gasteiger partial charge in [-0.3, -0.25) is 10.1 Å². The number of fused-ring (bicyclic) bond motifs is 1. The highest BCUT2D eigenvalue weighted by Crippen LogP contribution is 2.38. The molecule has 0 saturated heterocycles. The summed E-state index contributed by atoms with van der Waals surface area (Å²) in [5.41, 5.74) is -4.05. The van der Waals surface area contributed by atoms with Gasteiger partial charge < -0.3 is 10.3 Å². The van der Waals surface area contributed by atoms with Gasteiger partial charge in [0.25, 0.3) is 5.91 Å². The minimum atomic E-state index is -5.88. The monoisotopic (exact) mass is 448 g/mol. The molecule has 0 spiro atoms. The number of carbonyl (C=O) groups excluding carboxylic acids is 1. The summed E-state index contributed by atoms with van der Waals surface area (Å²) in [6, 6.07) is 10.2. The first-order valence-electron chi connectivity index (χ1n) is 9.05. The molecule has 0 unspecified atom stereocenters. The van der Waals surface area contributed by atoms with Crippen molar-refractivity contribution in [3.05, 3.63) is 71.7 Å². The zero-order chi connectivity index (χ0) is 22.9. The molecular formula is C20H17F7N3O+. The maximum atomic E-state index is 13.7. The molecule has 1 heterocycles. The smallest absolute Gasteiger partial charge is 0.361 e. The predicted octanol–water partition coefficient (Wildman–Crippen LogP) is 3.66. The van der Waals surface area contributed by atoms with Crippen molar-refractivity contribution >= 4 is 16.8 Å². The Balaban J connectivity index is 1.87. The van der Waals surface area contributed by atoms with Gasteiger partial charge in [-0.2, -0.15) is 26.3 Å². The Labute approximate surface area is 171 Å². The molecular weight excluding hydrogens is 431 g/mol. The number of benzene rings is 2. The number of halogens is 7. The van der Waals surface area contributed by atoms with Crippen molar-refractivity contribution in [3.63, 3.8) is 0 Å². The van der Waals surface area contributed by atoms with E-state index in [1.807, 2.05) is 0 Å². The molecule has 166 valence electrons. The molecule has 31 heavy (non-hydrogen) atoms. The van der Waals surface area contributed by atoms with Crippen molar-refractivity contribution in [1.82, 2.24) is 10.3 Å². The number of nitrogens with two attached hydrogens (primary N) is 1. The van der Waals surface area contributed by atoms with Gasteiger partial charge in [-0.15, -0.1) is 0 Å². The number of quaternary nitrogens is 1. The molecule has 1 aromatic heterocycles. The molecule has 11 heteroatoms. The standard InChI is InChI=1S/C20H16F7N3O/c21-14-5-3-4-12(10-14)17(31)30-18(19(22,23)24,20(25,26)27)29-9-8-13-11-28-16-7-2-1-6-15(13)16/h1-7,10-11,28-29H,8-9H2,(H,30,31)/p+1. The van der Waals surface area contributed by atoms with Crippen LogP contribution >= 0.6 is 0 Å². The molecule has 1 amide bonds. The van der Waals surface area contributed by atoms with E-state index in [1.165, 1.54) is 6.20 Å². The van der Waals surface area contributed by atoms with Crippen molar-refractivity contribution < 1.29 is 40.8 Å². The van der Waals surface area contributed by atoms with Crippen LogP contribution in [0.4, 0.5) is 30.7 Å². The first kappa shape index (κ1) is 22.6. The third-order valence-corrected chi connectivity index (χ3v) is 4.83. The summed E-state index contributed by atoms with van der Waals surface area (Å²) in [5, 5.41) is 1.73. The van der Waals surface area contributed by atoms with Crippen molar-refractivity contribution in [3.8, 4) is 0 Å². The lowest BCUT2D eigenvalue weighted by Gasteiger charge is -2.35.